The molecule has 2 N–H and O–H groups in total. The summed E-state index contributed by atoms with van der Waals surface area (Å²) < 4.78 is 15.2. The van der Waals surface area contributed by atoms with Gasteiger partial charge in [-0.15, -0.1) is 0 Å². The highest BCUT2D eigenvalue weighted by Gasteiger charge is 2.23. The Labute approximate surface area is 290 Å². The Kier molecular flexibility index (Phi) is 9.10. The quantitative estimate of drug-likeness (QED) is 0.222. The van der Waals surface area contributed by atoms with Crippen LogP contribution in [-0.2, 0) is 20.9 Å². The van der Waals surface area contributed by atoms with Crippen LogP contribution in [0.4, 0.5) is 17.3 Å². The van der Waals surface area contributed by atoms with Gasteiger partial charge in [-0.2, -0.15) is 4.98 Å². The lowest BCUT2D eigenvalue weighted by Crippen LogP contribution is -2.43. The van der Waals surface area contributed by atoms with Gasteiger partial charge in [-0.1, -0.05) is 17.7 Å². The topological polar surface area (TPSA) is 125 Å². The first kappa shape index (κ1) is 32.8. The first-order chi connectivity index (χ1) is 23.7. The van der Waals surface area contributed by atoms with E-state index in [0.29, 0.717) is 55.8 Å². The molecule has 1 atom stereocenters. The number of hydrogen-bond acceptors (Lipinski definition) is 9. The average molecular weight is 697 g/mol. The maximum absolute atomic E-state index is 14.3. The Bertz CT molecular complexity index is 2210. The summed E-state index contributed by atoms with van der Waals surface area (Å²) in [6.45, 7) is 6.60. The zero-order valence-electron chi connectivity index (χ0n) is 27.2. The normalized spacial score (nSPS) is 16.1. The lowest BCUT2D eigenvalue weighted by atomic mass is 10.0. The third-order valence-electron chi connectivity index (χ3n) is 9.14. The smallest absolute Gasteiger partial charge is 0.260 e. The van der Waals surface area contributed by atoms with Crippen LogP contribution in [0, 0.1) is 6.92 Å². The van der Waals surface area contributed by atoms with Crippen LogP contribution in [0.2, 0.25) is 5.02 Å². The summed E-state index contributed by atoms with van der Waals surface area (Å²) in [7, 11) is -2.79. The van der Waals surface area contributed by atoms with Crippen LogP contribution in [0.5, 0.6) is 0 Å². The van der Waals surface area contributed by atoms with Crippen molar-refractivity contribution in [3.05, 3.63) is 94.1 Å². The molecule has 2 aliphatic heterocycles. The largest absolute Gasteiger partial charge is 0.368 e. The first-order valence-corrected chi connectivity index (χ1v) is 18.4. The van der Waals surface area contributed by atoms with E-state index in [1.807, 2.05) is 25.1 Å². The van der Waals surface area contributed by atoms with Gasteiger partial charge < -0.3 is 20.4 Å². The fraction of sp³-hybridized carbons (Fsp3) is 0.278. The van der Waals surface area contributed by atoms with E-state index >= 15 is 0 Å². The standard InChI is InChI=1S/C36H37ClN8O3S/c1-24-19-28(49(2,48)27-9-11-38-12-10-27)6-7-29(24)30-20-25-22-40-36(41-26-5-8-32(31(37)21-26)43-17-13-39-14-18-43)42-34(25)45(35(30)47)23-33(46)44-15-3-4-16-44/h5-12,19-22,39H,2-4,13-18,23H2,1H3,(H,40,41,42). The number of pyridine rings is 2. The molecule has 2 saturated heterocycles. The number of aromatic nitrogens is 4. The molecule has 3 aromatic heterocycles. The van der Waals surface area contributed by atoms with Gasteiger partial charge in [0.05, 0.1) is 10.7 Å². The molecule has 2 fully saturated rings. The van der Waals surface area contributed by atoms with Crippen molar-refractivity contribution in [2.75, 3.05) is 49.5 Å². The van der Waals surface area contributed by atoms with E-state index in [-0.39, 0.29) is 24.0 Å². The number of amides is 1. The molecule has 11 nitrogen and oxygen atoms in total. The van der Waals surface area contributed by atoms with Crippen LogP contribution in [0.25, 0.3) is 22.2 Å². The molecule has 1 amide bonds. The highest BCUT2D eigenvalue weighted by molar-refractivity contribution is 8.00. The van der Waals surface area contributed by atoms with Gasteiger partial charge in [0.25, 0.3) is 5.56 Å². The summed E-state index contributed by atoms with van der Waals surface area (Å²) in [5.74, 6) is 4.16. The number of aryl methyl sites for hydroxylation is 1. The molecule has 5 aromatic rings. The number of fused-ring (bicyclic) bond motifs is 1. The molecule has 5 heterocycles. The van der Waals surface area contributed by atoms with Crippen LogP contribution in [0.3, 0.4) is 0 Å². The Morgan fingerprint density at radius 3 is 2.45 bits per heavy atom. The number of nitrogens with one attached hydrogen (secondary N) is 2. The number of likely N-dealkylation sites (tertiary alicyclic amines) is 1. The minimum atomic E-state index is -2.79. The summed E-state index contributed by atoms with van der Waals surface area (Å²) in [6.07, 6.45) is 6.70. The van der Waals surface area contributed by atoms with E-state index in [1.54, 1.807) is 59.9 Å². The maximum atomic E-state index is 14.3. The van der Waals surface area contributed by atoms with E-state index in [1.165, 1.54) is 4.57 Å². The molecule has 0 saturated carbocycles. The van der Waals surface area contributed by atoms with Crippen molar-refractivity contribution >= 4 is 61.3 Å². The fourth-order valence-corrected chi connectivity index (χ4v) is 8.26. The van der Waals surface area contributed by atoms with Crippen molar-refractivity contribution in [3.8, 4) is 11.1 Å². The van der Waals surface area contributed by atoms with Gasteiger partial charge in [0.1, 0.15) is 12.2 Å². The minimum Gasteiger partial charge on any atom is -0.368 e. The Morgan fingerprint density at radius 1 is 0.980 bits per heavy atom. The molecular weight excluding hydrogens is 660 g/mol. The molecular formula is C36H37ClN8O3S. The van der Waals surface area contributed by atoms with Crippen LogP contribution < -0.4 is 21.1 Å². The van der Waals surface area contributed by atoms with E-state index in [9.17, 15) is 13.8 Å². The zero-order chi connectivity index (χ0) is 34.1. The number of benzene rings is 2. The zero-order valence-corrected chi connectivity index (χ0v) is 28.8. The first-order valence-electron chi connectivity index (χ1n) is 16.3. The van der Waals surface area contributed by atoms with Gasteiger partial charge >= 0.3 is 0 Å². The number of carbonyl (C=O) groups excluding carboxylic acids is 1. The summed E-state index contributed by atoms with van der Waals surface area (Å²) in [4.78, 5) is 46.2. The molecule has 49 heavy (non-hydrogen) atoms. The molecule has 0 radical (unpaired) electrons. The van der Waals surface area contributed by atoms with Gasteiger partial charge in [0.15, 0.2) is 0 Å². The van der Waals surface area contributed by atoms with Gasteiger partial charge in [-0.25, -0.2) is 4.98 Å². The van der Waals surface area contributed by atoms with E-state index < -0.39 is 9.52 Å². The van der Waals surface area contributed by atoms with Crippen molar-refractivity contribution in [2.24, 2.45) is 0 Å². The second kappa shape index (κ2) is 13.6. The lowest BCUT2D eigenvalue weighted by Gasteiger charge is -2.30. The monoisotopic (exact) mass is 696 g/mol. The van der Waals surface area contributed by atoms with Crippen molar-refractivity contribution in [2.45, 2.75) is 36.1 Å². The van der Waals surface area contributed by atoms with Crippen molar-refractivity contribution in [1.82, 2.24) is 29.7 Å². The number of anilines is 3. The SMILES string of the molecule is C=S(=O)(c1ccncc1)c1ccc(-c2cc3cnc(Nc4ccc(N5CCNCC5)c(Cl)c4)nc3n(CC(=O)N3CCCC3)c2=O)c(C)c1. The molecule has 2 aliphatic rings. The van der Waals surface area contributed by atoms with Crippen LogP contribution in [0.15, 0.2) is 87.8 Å². The van der Waals surface area contributed by atoms with Crippen molar-refractivity contribution in [1.29, 1.82) is 0 Å². The van der Waals surface area contributed by atoms with E-state index in [0.717, 1.165) is 50.3 Å². The molecule has 2 aromatic carbocycles. The molecule has 1 unspecified atom stereocenters. The number of nitrogens with zero attached hydrogens (tertiary/aromatic N) is 6. The molecule has 0 aliphatic carbocycles. The highest BCUT2D eigenvalue weighted by Crippen LogP contribution is 2.31. The summed E-state index contributed by atoms with van der Waals surface area (Å²) in [5, 5.41) is 7.79. The number of hydrogen-bond donors (Lipinski definition) is 2. The maximum Gasteiger partial charge on any atom is 0.260 e. The number of rotatable bonds is 8. The Balaban J connectivity index is 1.26. The number of piperazine rings is 1. The third kappa shape index (κ3) is 6.63. The molecule has 0 bridgehead atoms. The van der Waals surface area contributed by atoms with Gasteiger partial charge in [0, 0.05) is 93.8 Å². The van der Waals surface area contributed by atoms with E-state index in [2.05, 4.69) is 31.4 Å². The lowest BCUT2D eigenvalue weighted by molar-refractivity contribution is -0.130. The van der Waals surface area contributed by atoms with Crippen LogP contribution in [-0.4, -0.2) is 79.7 Å². The second-order valence-corrected chi connectivity index (χ2v) is 15.1. The highest BCUT2D eigenvalue weighted by atomic mass is 35.5. The van der Waals surface area contributed by atoms with Crippen LogP contribution >= 0.6 is 11.6 Å². The number of halogens is 1. The predicted molar refractivity (Wildman–Crippen MR) is 196 cm³/mol. The van der Waals surface area contributed by atoms with Crippen molar-refractivity contribution in [3.63, 3.8) is 0 Å². The number of carbonyl (C=O) groups is 1. The third-order valence-corrected chi connectivity index (χ3v) is 11.5. The van der Waals surface area contributed by atoms with Gasteiger partial charge in [-0.05, 0) is 85.3 Å². The van der Waals surface area contributed by atoms with E-state index in [4.69, 9.17) is 16.6 Å². The van der Waals surface area contributed by atoms with Gasteiger partial charge in [0.2, 0.25) is 11.9 Å². The Morgan fingerprint density at radius 2 is 1.73 bits per heavy atom. The van der Waals surface area contributed by atoms with Crippen molar-refractivity contribution < 1.29 is 9.00 Å². The molecule has 7 rings (SSSR count). The minimum absolute atomic E-state index is 0.136. The Hall–Kier alpha value is -4.78. The van der Waals surface area contributed by atoms with Crippen LogP contribution in [0.1, 0.15) is 18.4 Å². The summed E-state index contributed by atoms with van der Waals surface area (Å²) in [6, 6.07) is 16.2. The molecule has 13 heteroatoms. The second-order valence-electron chi connectivity index (χ2n) is 12.4. The molecule has 0 spiro atoms. The summed E-state index contributed by atoms with van der Waals surface area (Å²) >= 11 is 6.69. The fourth-order valence-electron chi connectivity index (χ4n) is 6.47. The summed E-state index contributed by atoms with van der Waals surface area (Å²) in [5.41, 5.74) is 3.45. The molecule has 252 valence electrons. The predicted octanol–water partition coefficient (Wildman–Crippen LogP) is 4.73. The van der Waals surface area contributed by atoms with Gasteiger partial charge in [-0.3, -0.25) is 23.3 Å². The average Bonchev–Trinajstić information content (AvgIpc) is 3.66.